The number of aromatic carboxylic acids is 1. The van der Waals surface area contributed by atoms with Crippen molar-refractivity contribution >= 4 is 11.7 Å². The van der Waals surface area contributed by atoms with Gasteiger partial charge in [-0.1, -0.05) is 6.07 Å². The Morgan fingerprint density at radius 2 is 2.22 bits per heavy atom. The highest BCUT2D eigenvalue weighted by Gasteiger charge is 2.18. The van der Waals surface area contributed by atoms with Crippen molar-refractivity contribution < 1.29 is 14.6 Å². The molecule has 0 spiro atoms. The maximum Gasteiger partial charge on any atom is 0.339 e. The first-order chi connectivity index (χ1) is 8.37. The minimum absolute atomic E-state index is 0.0322. The zero-order valence-electron chi connectivity index (χ0n) is 10.4. The van der Waals surface area contributed by atoms with Crippen LogP contribution in [0, 0.1) is 16.7 Å². The number of carbonyl (C=O) groups is 1. The molecule has 0 aliphatic rings. The Bertz CT molecular complexity index is 489. The van der Waals surface area contributed by atoms with Gasteiger partial charge in [-0.15, -0.1) is 0 Å². The Morgan fingerprint density at radius 3 is 2.78 bits per heavy atom. The monoisotopic (exact) mass is 248 g/mol. The number of hydrogen-bond acceptors (Lipinski definition) is 4. The summed E-state index contributed by atoms with van der Waals surface area (Å²) in [7, 11) is 0. The predicted octanol–water partition coefficient (Wildman–Crippen LogP) is 2.29. The molecule has 0 saturated carbocycles. The quantitative estimate of drug-likeness (QED) is 0.779. The zero-order valence-corrected chi connectivity index (χ0v) is 10.4. The number of carboxylic acids is 1. The van der Waals surface area contributed by atoms with E-state index in [0.29, 0.717) is 6.42 Å². The molecular weight excluding hydrogens is 232 g/mol. The highest BCUT2D eigenvalue weighted by atomic mass is 16.5. The van der Waals surface area contributed by atoms with Crippen LogP contribution >= 0.6 is 0 Å². The van der Waals surface area contributed by atoms with E-state index in [-0.39, 0.29) is 23.6 Å². The molecule has 0 aliphatic carbocycles. The number of benzene rings is 1. The van der Waals surface area contributed by atoms with Gasteiger partial charge in [0.15, 0.2) is 5.75 Å². The molecule has 1 aromatic rings. The van der Waals surface area contributed by atoms with Crippen molar-refractivity contribution in [3.63, 3.8) is 0 Å². The van der Waals surface area contributed by atoms with Crippen molar-refractivity contribution in [2.24, 2.45) is 5.41 Å². The van der Waals surface area contributed by atoms with Crippen LogP contribution in [-0.4, -0.2) is 17.7 Å². The van der Waals surface area contributed by atoms with E-state index >= 15 is 0 Å². The smallest absolute Gasteiger partial charge is 0.339 e. The maximum absolute atomic E-state index is 11.0. The van der Waals surface area contributed by atoms with E-state index in [1.807, 2.05) is 0 Å². The maximum atomic E-state index is 11.0. The summed E-state index contributed by atoms with van der Waals surface area (Å²) in [6, 6.07) is 6.73. The molecule has 0 aliphatic heterocycles. The summed E-state index contributed by atoms with van der Waals surface area (Å²) in [5.74, 6) is -0.921. The summed E-state index contributed by atoms with van der Waals surface area (Å²) in [4.78, 5) is 11.0. The Kier molecular flexibility index (Phi) is 4.16. The average Bonchev–Trinajstić information content (AvgIpc) is 2.30. The van der Waals surface area contributed by atoms with Gasteiger partial charge in [-0.3, -0.25) is 0 Å². The highest BCUT2D eigenvalue weighted by molar-refractivity contribution is 5.93. The van der Waals surface area contributed by atoms with Crippen LogP contribution in [0.4, 0.5) is 5.69 Å². The standard InChI is InChI=1S/C13H16N2O3/c1-13(2,8-14)6-7-18-11-9(12(16)17)4-3-5-10(11)15/h3-5H,6-7,15H2,1-2H3,(H,16,17). The Balaban J connectivity index is 2.80. The normalized spacial score (nSPS) is 10.7. The lowest BCUT2D eigenvalue weighted by Gasteiger charge is -2.17. The van der Waals surface area contributed by atoms with Crippen LogP contribution in [0.5, 0.6) is 5.75 Å². The highest BCUT2D eigenvalue weighted by Crippen LogP contribution is 2.27. The van der Waals surface area contributed by atoms with Crippen molar-refractivity contribution in [1.82, 2.24) is 0 Å². The van der Waals surface area contributed by atoms with Gasteiger partial charge in [0.05, 0.1) is 23.8 Å². The summed E-state index contributed by atoms with van der Waals surface area (Å²) >= 11 is 0. The molecular formula is C13H16N2O3. The second-order valence-corrected chi connectivity index (χ2v) is 4.62. The van der Waals surface area contributed by atoms with Crippen LogP contribution in [0.3, 0.4) is 0 Å². The number of nitrogen functional groups attached to an aromatic ring is 1. The molecule has 0 amide bonds. The molecule has 0 unspecified atom stereocenters. The molecule has 0 radical (unpaired) electrons. The fourth-order valence-electron chi connectivity index (χ4n) is 1.35. The van der Waals surface area contributed by atoms with Crippen molar-refractivity contribution in [3.8, 4) is 11.8 Å². The minimum Gasteiger partial charge on any atom is -0.490 e. The lowest BCUT2D eigenvalue weighted by atomic mass is 9.92. The van der Waals surface area contributed by atoms with E-state index in [2.05, 4.69) is 6.07 Å². The molecule has 0 bridgehead atoms. The van der Waals surface area contributed by atoms with E-state index < -0.39 is 11.4 Å². The third kappa shape index (κ3) is 3.39. The van der Waals surface area contributed by atoms with Crippen molar-refractivity contribution in [2.45, 2.75) is 20.3 Å². The summed E-state index contributed by atoms with van der Waals surface area (Å²) < 4.78 is 5.41. The van der Waals surface area contributed by atoms with Crippen molar-refractivity contribution in [3.05, 3.63) is 23.8 Å². The number of ether oxygens (including phenoxy) is 1. The predicted molar refractivity (Wildman–Crippen MR) is 67.3 cm³/mol. The van der Waals surface area contributed by atoms with Crippen LogP contribution < -0.4 is 10.5 Å². The fourth-order valence-corrected chi connectivity index (χ4v) is 1.35. The number of hydrogen-bond donors (Lipinski definition) is 2. The summed E-state index contributed by atoms with van der Waals surface area (Å²) in [6.45, 7) is 3.83. The molecule has 0 atom stereocenters. The molecule has 96 valence electrons. The molecule has 0 fully saturated rings. The van der Waals surface area contributed by atoms with Crippen LogP contribution in [0.1, 0.15) is 30.6 Å². The van der Waals surface area contributed by atoms with Gasteiger partial charge in [-0.05, 0) is 32.4 Å². The average molecular weight is 248 g/mol. The van der Waals surface area contributed by atoms with E-state index in [1.54, 1.807) is 26.0 Å². The largest absolute Gasteiger partial charge is 0.490 e. The minimum atomic E-state index is -1.09. The number of anilines is 1. The summed E-state index contributed by atoms with van der Waals surface area (Å²) in [5.41, 5.74) is 5.50. The molecule has 1 rings (SSSR count). The van der Waals surface area contributed by atoms with E-state index in [4.69, 9.17) is 20.8 Å². The summed E-state index contributed by atoms with van der Waals surface area (Å²) in [6.07, 6.45) is 0.497. The fraction of sp³-hybridized carbons (Fsp3) is 0.385. The number of nitriles is 1. The van der Waals surface area contributed by atoms with Crippen LogP contribution in [0.25, 0.3) is 0 Å². The van der Waals surface area contributed by atoms with Crippen LogP contribution in [0.2, 0.25) is 0 Å². The van der Waals surface area contributed by atoms with Gasteiger partial charge in [-0.2, -0.15) is 5.26 Å². The van der Waals surface area contributed by atoms with E-state index in [9.17, 15) is 4.79 Å². The molecule has 1 aromatic carbocycles. The van der Waals surface area contributed by atoms with Gasteiger partial charge in [-0.25, -0.2) is 4.79 Å². The van der Waals surface area contributed by atoms with E-state index in [0.717, 1.165) is 0 Å². The van der Waals surface area contributed by atoms with E-state index in [1.165, 1.54) is 6.07 Å². The molecule has 0 saturated heterocycles. The van der Waals surface area contributed by atoms with Gasteiger partial charge in [0, 0.05) is 0 Å². The van der Waals surface area contributed by atoms with Crippen LogP contribution in [0.15, 0.2) is 18.2 Å². The Labute approximate surface area is 106 Å². The number of rotatable bonds is 5. The first-order valence-electron chi connectivity index (χ1n) is 5.53. The summed E-state index contributed by atoms with van der Waals surface area (Å²) in [5, 5.41) is 17.9. The molecule has 5 nitrogen and oxygen atoms in total. The Hall–Kier alpha value is -2.22. The lowest BCUT2D eigenvalue weighted by Crippen LogP contribution is -2.14. The van der Waals surface area contributed by atoms with Gasteiger partial charge < -0.3 is 15.6 Å². The SMILES string of the molecule is CC(C)(C#N)CCOc1c(N)cccc1C(=O)O. The number of nitrogens with zero attached hydrogens (tertiary/aromatic N) is 1. The molecule has 0 aromatic heterocycles. The van der Waals surface area contributed by atoms with Gasteiger partial charge in [0.2, 0.25) is 0 Å². The number of carboxylic acid groups (broad SMARTS) is 1. The van der Waals surface area contributed by atoms with Gasteiger partial charge in [0.25, 0.3) is 0 Å². The third-order valence-corrected chi connectivity index (χ3v) is 2.55. The lowest BCUT2D eigenvalue weighted by molar-refractivity contribution is 0.0692. The first kappa shape index (κ1) is 13.8. The van der Waals surface area contributed by atoms with Crippen molar-refractivity contribution in [1.29, 1.82) is 5.26 Å². The third-order valence-electron chi connectivity index (χ3n) is 2.55. The zero-order chi connectivity index (χ0) is 13.8. The van der Waals surface area contributed by atoms with Gasteiger partial charge in [0.1, 0.15) is 5.56 Å². The van der Waals surface area contributed by atoms with Crippen molar-refractivity contribution in [2.75, 3.05) is 12.3 Å². The number of nitrogens with two attached hydrogens (primary N) is 1. The number of para-hydroxylation sites is 1. The first-order valence-corrected chi connectivity index (χ1v) is 5.53. The van der Waals surface area contributed by atoms with Crippen LogP contribution in [-0.2, 0) is 0 Å². The topological polar surface area (TPSA) is 96.3 Å². The molecule has 3 N–H and O–H groups in total. The molecule has 5 heteroatoms. The second kappa shape index (κ2) is 5.41. The Morgan fingerprint density at radius 1 is 1.56 bits per heavy atom. The second-order valence-electron chi connectivity index (χ2n) is 4.62. The molecule has 18 heavy (non-hydrogen) atoms. The van der Waals surface area contributed by atoms with Gasteiger partial charge >= 0.3 is 5.97 Å². The molecule has 0 heterocycles.